The van der Waals surface area contributed by atoms with E-state index in [1.165, 1.54) is 11.0 Å². The SMILES string of the molecule is CCNC1CCN(c2ccc(C(F)(F)F)nc2)C1=O. The molecule has 2 rings (SSSR count). The van der Waals surface area contributed by atoms with Gasteiger partial charge in [0.05, 0.1) is 17.9 Å². The number of amides is 1. The standard InChI is InChI=1S/C12H14F3N3O/c1-2-16-9-5-6-18(11(9)19)8-3-4-10(17-7-8)12(13,14)15/h3-4,7,9,16H,2,5-6H2,1H3. The van der Waals surface area contributed by atoms with Crippen molar-refractivity contribution < 1.29 is 18.0 Å². The Morgan fingerprint density at radius 1 is 1.47 bits per heavy atom. The zero-order chi connectivity index (χ0) is 14.0. The Hall–Kier alpha value is -1.63. The fourth-order valence-electron chi connectivity index (χ4n) is 2.09. The predicted octanol–water partition coefficient (Wildman–Crippen LogP) is 1.82. The molecule has 1 N–H and O–H groups in total. The Bertz CT molecular complexity index is 458. The van der Waals surface area contributed by atoms with E-state index in [2.05, 4.69) is 10.3 Å². The summed E-state index contributed by atoms with van der Waals surface area (Å²) in [6.45, 7) is 3.06. The summed E-state index contributed by atoms with van der Waals surface area (Å²) >= 11 is 0. The molecule has 1 fully saturated rings. The second-order valence-electron chi connectivity index (χ2n) is 4.29. The molecule has 1 aliphatic heterocycles. The number of aromatic nitrogens is 1. The number of hydrogen-bond acceptors (Lipinski definition) is 3. The molecule has 0 radical (unpaired) electrons. The Kier molecular flexibility index (Phi) is 3.75. The van der Waals surface area contributed by atoms with Crippen LogP contribution in [0.4, 0.5) is 18.9 Å². The monoisotopic (exact) mass is 273 g/mol. The highest BCUT2D eigenvalue weighted by Crippen LogP contribution is 2.29. The van der Waals surface area contributed by atoms with Crippen molar-refractivity contribution in [3.63, 3.8) is 0 Å². The molecule has 4 nitrogen and oxygen atoms in total. The molecule has 1 aliphatic rings. The number of nitrogens with one attached hydrogen (secondary N) is 1. The molecule has 7 heteroatoms. The maximum atomic E-state index is 12.4. The quantitative estimate of drug-likeness (QED) is 0.913. The van der Waals surface area contributed by atoms with Crippen LogP contribution in [0.3, 0.4) is 0 Å². The Morgan fingerprint density at radius 2 is 2.21 bits per heavy atom. The minimum atomic E-state index is -4.46. The predicted molar refractivity (Wildman–Crippen MR) is 63.7 cm³/mol. The Morgan fingerprint density at radius 3 is 2.74 bits per heavy atom. The molecule has 1 aromatic heterocycles. The summed E-state index contributed by atoms with van der Waals surface area (Å²) in [5.41, 5.74) is -0.551. The molecule has 19 heavy (non-hydrogen) atoms. The number of alkyl halides is 3. The van der Waals surface area contributed by atoms with E-state index in [-0.39, 0.29) is 11.9 Å². The smallest absolute Gasteiger partial charge is 0.309 e. The first-order chi connectivity index (χ1) is 8.93. The van der Waals surface area contributed by atoms with E-state index in [9.17, 15) is 18.0 Å². The van der Waals surface area contributed by atoms with Gasteiger partial charge in [-0.3, -0.25) is 4.79 Å². The van der Waals surface area contributed by atoms with Crippen LogP contribution in [0.5, 0.6) is 0 Å². The van der Waals surface area contributed by atoms with E-state index in [1.807, 2.05) is 6.92 Å². The van der Waals surface area contributed by atoms with Gasteiger partial charge in [0.2, 0.25) is 5.91 Å². The lowest BCUT2D eigenvalue weighted by molar-refractivity contribution is -0.141. The van der Waals surface area contributed by atoms with E-state index in [0.717, 1.165) is 12.3 Å². The maximum absolute atomic E-state index is 12.4. The molecule has 1 amide bonds. The molecule has 0 bridgehead atoms. The third kappa shape index (κ3) is 2.86. The van der Waals surface area contributed by atoms with Crippen molar-refractivity contribution in [1.82, 2.24) is 10.3 Å². The first-order valence-corrected chi connectivity index (χ1v) is 6.01. The zero-order valence-corrected chi connectivity index (χ0v) is 10.4. The first kappa shape index (κ1) is 13.8. The average molecular weight is 273 g/mol. The molecular weight excluding hydrogens is 259 g/mol. The van der Waals surface area contributed by atoms with Gasteiger partial charge in [-0.1, -0.05) is 6.92 Å². The van der Waals surface area contributed by atoms with Crippen molar-refractivity contribution in [3.05, 3.63) is 24.0 Å². The van der Waals surface area contributed by atoms with E-state index >= 15 is 0 Å². The minimum Gasteiger partial charge on any atom is -0.309 e. The third-order valence-electron chi connectivity index (χ3n) is 3.01. The molecule has 1 unspecified atom stereocenters. The van der Waals surface area contributed by atoms with Crippen LogP contribution < -0.4 is 10.2 Å². The fraction of sp³-hybridized carbons (Fsp3) is 0.500. The minimum absolute atomic E-state index is 0.122. The van der Waals surface area contributed by atoms with Gasteiger partial charge >= 0.3 is 6.18 Å². The van der Waals surface area contributed by atoms with Crippen LogP contribution in [-0.2, 0) is 11.0 Å². The Labute approximate surface area is 108 Å². The van der Waals surface area contributed by atoms with Crippen LogP contribution in [0.15, 0.2) is 18.3 Å². The molecule has 0 aliphatic carbocycles. The number of likely N-dealkylation sites (N-methyl/N-ethyl adjacent to an activating group) is 1. The van der Waals surface area contributed by atoms with Crippen LogP contribution >= 0.6 is 0 Å². The number of hydrogen-bond donors (Lipinski definition) is 1. The van der Waals surface area contributed by atoms with Crippen molar-refractivity contribution in [2.75, 3.05) is 18.0 Å². The molecule has 1 atom stereocenters. The highest BCUT2D eigenvalue weighted by molar-refractivity contribution is 5.99. The summed E-state index contributed by atoms with van der Waals surface area (Å²) in [6.07, 6.45) is -2.72. The number of anilines is 1. The number of carbonyl (C=O) groups excluding carboxylic acids is 1. The van der Waals surface area contributed by atoms with Crippen LogP contribution in [0.25, 0.3) is 0 Å². The van der Waals surface area contributed by atoms with Gasteiger partial charge in [-0.2, -0.15) is 13.2 Å². The van der Waals surface area contributed by atoms with Gasteiger partial charge < -0.3 is 10.2 Å². The molecule has 1 saturated heterocycles. The second-order valence-corrected chi connectivity index (χ2v) is 4.29. The zero-order valence-electron chi connectivity index (χ0n) is 10.4. The van der Waals surface area contributed by atoms with Crippen molar-refractivity contribution >= 4 is 11.6 Å². The lowest BCUT2D eigenvalue weighted by Crippen LogP contribution is -2.38. The largest absolute Gasteiger partial charge is 0.433 e. The van der Waals surface area contributed by atoms with Gasteiger partial charge in [-0.15, -0.1) is 0 Å². The van der Waals surface area contributed by atoms with Gasteiger partial charge in [0.25, 0.3) is 0 Å². The number of rotatable bonds is 3. The second kappa shape index (κ2) is 5.16. The van der Waals surface area contributed by atoms with E-state index < -0.39 is 11.9 Å². The number of pyridine rings is 1. The molecule has 0 saturated carbocycles. The van der Waals surface area contributed by atoms with Gasteiger partial charge in [0, 0.05) is 6.54 Å². The van der Waals surface area contributed by atoms with Crippen molar-refractivity contribution in [3.8, 4) is 0 Å². The number of carbonyl (C=O) groups is 1. The molecule has 2 heterocycles. The normalized spacial score (nSPS) is 20.1. The van der Waals surface area contributed by atoms with Crippen molar-refractivity contribution in [2.24, 2.45) is 0 Å². The fourth-order valence-corrected chi connectivity index (χ4v) is 2.09. The number of halogens is 3. The molecule has 0 spiro atoms. The molecule has 1 aromatic rings. The highest BCUT2D eigenvalue weighted by Gasteiger charge is 2.34. The van der Waals surface area contributed by atoms with Gasteiger partial charge in [0.15, 0.2) is 0 Å². The molecule has 104 valence electrons. The van der Waals surface area contributed by atoms with Gasteiger partial charge in [-0.25, -0.2) is 4.98 Å². The van der Waals surface area contributed by atoms with Gasteiger partial charge in [0.1, 0.15) is 5.69 Å². The van der Waals surface area contributed by atoms with E-state index in [4.69, 9.17) is 0 Å². The van der Waals surface area contributed by atoms with Crippen LogP contribution in [0.1, 0.15) is 19.0 Å². The summed E-state index contributed by atoms with van der Waals surface area (Å²) < 4.78 is 37.1. The van der Waals surface area contributed by atoms with Crippen LogP contribution in [-0.4, -0.2) is 30.0 Å². The van der Waals surface area contributed by atoms with Crippen molar-refractivity contribution in [1.29, 1.82) is 0 Å². The first-order valence-electron chi connectivity index (χ1n) is 6.01. The summed E-state index contributed by atoms with van der Waals surface area (Å²) in [6, 6.07) is 1.91. The lowest BCUT2D eigenvalue weighted by Gasteiger charge is -2.17. The van der Waals surface area contributed by atoms with Gasteiger partial charge in [-0.05, 0) is 25.1 Å². The summed E-state index contributed by atoms with van der Waals surface area (Å²) in [5, 5.41) is 3.04. The Balaban J connectivity index is 2.13. The third-order valence-corrected chi connectivity index (χ3v) is 3.01. The van der Waals surface area contributed by atoms with Crippen molar-refractivity contribution in [2.45, 2.75) is 25.6 Å². The lowest BCUT2D eigenvalue weighted by atomic mass is 10.2. The summed E-state index contributed by atoms with van der Waals surface area (Å²) in [7, 11) is 0. The topological polar surface area (TPSA) is 45.2 Å². The van der Waals surface area contributed by atoms with Crippen LogP contribution in [0.2, 0.25) is 0 Å². The molecule has 0 aromatic carbocycles. The van der Waals surface area contributed by atoms with Crippen LogP contribution in [0, 0.1) is 0 Å². The summed E-state index contributed by atoms with van der Waals surface area (Å²) in [4.78, 5) is 16.8. The van der Waals surface area contributed by atoms with E-state index in [1.54, 1.807) is 0 Å². The number of nitrogens with zero attached hydrogens (tertiary/aromatic N) is 2. The average Bonchev–Trinajstić information content (AvgIpc) is 2.71. The maximum Gasteiger partial charge on any atom is 0.433 e. The summed E-state index contributed by atoms with van der Waals surface area (Å²) in [5.74, 6) is -0.122. The van der Waals surface area contributed by atoms with E-state index in [0.29, 0.717) is 25.2 Å². The molecular formula is C12H14F3N3O. The highest BCUT2D eigenvalue weighted by atomic mass is 19.4.